The minimum absolute atomic E-state index is 0.0463. The maximum atomic E-state index is 13.6. The number of halogens is 1. The van der Waals surface area contributed by atoms with E-state index in [0.29, 0.717) is 18.9 Å². The van der Waals surface area contributed by atoms with Gasteiger partial charge in [-0.3, -0.25) is 9.98 Å². The second-order valence-electron chi connectivity index (χ2n) is 7.03. The van der Waals surface area contributed by atoms with E-state index in [2.05, 4.69) is 9.98 Å². The van der Waals surface area contributed by atoms with Crippen LogP contribution in [0.15, 0.2) is 77.0 Å². The number of pyridine rings is 1. The summed E-state index contributed by atoms with van der Waals surface area (Å²) in [6, 6.07) is 13.9. The third-order valence-corrected chi connectivity index (χ3v) is 5.11. The number of amidine groups is 1. The summed E-state index contributed by atoms with van der Waals surface area (Å²) in [5.74, 6) is 2.00. The van der Waals surface area contributed by atoms with Gasteiger partial charge in [0.2, 0.25) is 0 Å². The first kappa shape index (κ1) is 18.3. The Hall–Kier alpha value is -3.74. The monoisotopic (exact) mass is 402 g/mol. The maximum Gasteiger partial charge on any atom is 0.144 e. The van der Waals surface area contributed by atoms with Gasteiger partial charge in [0, 0.05) is 23.2 Å². The molecular weight excluding hydrogens is 383 g/mol. The molecule has 6 nitrogen and oxygen atoms in total. The van der Waals surface area contributed by atoms with E-state index in [1.54, 1.807) is 19.4 Å². The van der Waals surface area contributed by atoms with E-state index in [1.165, 1.54) is 12.1 Å². The molecule has 0 amide bonds. The summed E-state index contributed by atoms with van der Waals surface area (Å²) in [5, 5.41) is 7.46. The van der Waals surface area contributed by atoms with Crippen molar-refractivity contribution in [3.8, 4) is 11.5 Å². The molecule has 2 aliphatic heterocycles. The number of rotatable bonds is 5. The van der Waals surface area contributed by atoms with E-state index < -0.39 is 0 Å². The quantitative estimate of drug-likeness (QED) is 0.651. The molecule has 3 heterocycles. The van der Waals surface area contributed by atoms with Crippen molar-refractivity contribution < 1.29 is 13.9 Å². The molecule has 0 bridgehead atoms. The summed E-state index contributed by atoms with van der Waals surface area (Å²) in [5.41, 5.74) is 2.23. The van der Waals surface area contributed by atoms with E-state index in [-0.39, 0.29) is 11.9 Å². The Kier molecular flexibility index (Phi) is 4.63. The lowest BCUT2D eigenvalue weighted by molar-refractivity contribution is 0.219. The lowest BCUT2D eigenvalue weighted by Gasteiger charge is -2.25. The standard InChI is InChI=1S/C23H19FN4O2/c1-29-18-5-6-19-21(12-18)25-10-9-22(19)30-14-17-13-26-23-8-7-20(27-28(17)23)15-3-2-4-16(24)11-15/h2-12,17H,13-14H2,1H3. The first-order chi connectivity index (χ1) is 14.7. The first-order valence-corrected chi connectivity index (χ1v) is 9.63. The molecule has 7 heteroatoms. The minimum atomic E-state index is -0.287. The summed E-state index contributed by atoms with van der Waals surface area (Å²) < 4.78 is 25.0. The van der Waals surface area contributed by atoms with Crippen LogP contribution < -0.4 is 9.47 Å². The second-order valence-corrected chi connectivity index (χ2v) is 7.03. The molecule has 2 aromatic carbocycles. The molecule has 2 aliphatic rings. The maximum absolute atomic E-state index is 13.6. The lowest BCUT2D eigenvalue weighted by Crippen LogP contribution is -2.38. The van der Waals surface area contributed by atoms with Crippen LogP contribution in [0.1, 0.15) is 5.56 Å². The average molecular weight is 402 g/mol. The minimum Gasteiger partial charge on any atom is -0.497 e. The summed E-state index contributed by atoms with van der Waals surface area (Å²) >= 11 is 0. The van der Waals surface area contributed by atoms with Crippen molar-refractivity contribution in [1.29, 1.82) is 0 Å². The van der Waals surface area contributed by atoms with Crippen LogP contribution >= 0.6 is 0 Å². The number of hydrogen-bond acceptors (Lipinski definition) is 6. The van der Waals surface area contributed by atoms with Crippen molar-refractivity contribution in [2.24, 2.45) is 10.1 Å². The van der Waals surface area contributed by atoms with Crippen LogP contribution in [0.25, 0.3) is 10.9 Å². The topological polar surface area (TPSA) is 59.3 Å². The number of fused-ring (bicyclic) bond motifs is 2. The Morgan fingerprint density at radius 2 is 2.07 bits per heavy atom. The van der Waals surface area contributed by atoms with Crippen LogP contribution in [-0.2, 0) is 0 Å². The van der Waals surface area contributed by atoms with E-state index in [0.717, 1.165) is 33.8 Å². The van der Waals surface area contributed by atoms with Gasteiger partial charge in [-0.15, -0.1) is 0 Å². The van der Waals surface area contributed by atoms with E-state index in [9.17, 15) is 4.39 Å². The fraction of sp³-hybridized carbons (Fsp3) is 0.174. The highest BCUT2D eigenvalue weighted by atomic mass is 19.1. The van der Waals surface area contributed by atoms with Crippen molar-refractivity contribution >= 4 is 22.5 Å². The molecule has 1 aromatic heterocycles. The van der Waals surface area contributed by atoms with Crippen molar-refractivity contribution in [3.05, 3.63) is 78.3 Å². The van der Waals surface area contributed by atoms with Crippen LogP contribution in [0.2, 0.25) is 0 Å². The number of ether oxygens (including phenoxy) is 2. The molecule has 1 unspecified atom stereocenters. The number of benzene rings is 2. The third-order valence-electron chi connectivity index (χ3n) is 5.11. The predicted molar refractivity (Wildman–Crippen MR) is 114 cm³/mol. The Labute approximate surface area is 173 Å². The van der Waals surface area contributed by atoms with Gasteiger partial charge in [0.25, 0.3) is 0 Å². The average Bonchev–Trinajstić information content (AvgIpc) is 3.19. The number of aliphatic imine (C=N–C) groups is 1. The van der Waals surface area contributed by atoms with Crippen LogP contribution in [0.4, 0.5) is 4.39 Å². The van der Waals surface area contributed by atoms with Crippen molar-refractivity contribution in [1.82, 2.24) is 9.99 Å². The van der Waals surface area contributed by atoms with E-state index >= 15 is 0 Å². The van der Waals surface area contributed by atoms with E-state index in [1.807, 2.05) is 47.5 Å². The normalized spacial score (nSPS) is 17.5. The van der Waals surface area contributed by atoms with Gasteiger partial charge in [0.05, 0.1) is 24.9 Å². The third kappa shape index (κ3) is 3.39. The number of allylic oxidation sites excluding steroid dienone is 1. The molecule has 1 atom stereocenters. The van der Waals surface area contributed by atoms with E-state index in [4.69, 9.17) is 14.6 Å². The van der Waals surface area contributed by atoms with Gasteiger partial charge in [0.15, 0.2) is 0 Å². The summed E-state index contributed by atoms with van der Waals surface area (Å²) in [7, 11) is 1.63. The van der Waals surface area contributed by atoms with Gasteiger partial charge in [0.1, 0.15) is 35.8 Å². The van der Waals surface area contributed by atoms with Gasteiger partial charge < -0.3 is 9.47 Å². The zero-order valence-corrected chi connectivity index (χ0v) is 16.3. The molecular formula is C23H19FN4O2. The number of methoxy groups -OCH3 is 1. The SMILES string of the molecule is COc1ccc2c(OCC3CN=C4C=CC(c5cccc(F)c5)=NN43)ccnc2c1. The predicted octanol–water partition coefficient (Wildman–Crippen LogP) is 3.82. The fourth-order valence-electron chi connectivity index (χ4n) is 3.57. The van der Waals surface area contributed by atoms with Gasteiger partial charge in [-0.2, -0.15) is 5.10 Å². The zero-order valence-electron chi connectivity index (χ0n) is 16.3. The summed E-state index contributed by atoms with van der Waals surface area (Å²) in [6.07, 6.45) is 5.48. The summed E-state index contributed by atoms with van der Waals surface area (Å²) in [4.78, 5) is 8.94. The molecule has 0 saturated carbocycles. The van der Waals surface area contributed by atoms with Gasteiger partial charge in [-0.1, -0.05) is 12.1 Å². The molecule has 0 N–H and O–H groups in total. The first-order valence-electron chi connectivity index (χ1n) is 9.63. The van der Waals surface area contributed by atoms with Crippen molar-refractivity contribution in [3.63, 3.8) is 0 Å². The Morgan fingerprint density at radius 1 is 1.13 bits per heavy atom. The number of hydrogen-bond donors (Lipinski definition) is 0. The van der Waals surface area contributed by atoms with Crippen LogP contribution in [0, 0.1) is 5.82 Å². The molecule has 0 saturated heterocycles. The molecule has 0 fully saturated rings. The highest BCUT2D eigenvalue weighted by Gasteiger charge is 2.29. The van der Waals surface area contributed by atoms with Gasteiger partial charge in [-0.25, -0.2) is 9.40 Å². The highest BCUT2D eigenvalue weighted by Crippen LogP contribution is 2.28. The molecule has 30 heavy (non-hydrogen) atoms. The zero-order chi connectivity index (χ0) is 20.5. The Bertz CT molecular complexity index is 1200. The number of aromatic nitrogens is 1. The van der Waals surface area contributed by atoms with Crippen molar-refractivity contribution in [2.75, 3.05) is 20.3 Å². The van der Waals surface area contributed by atoms with Crippen molar-refractivity contribution in [2.45, 2.75) is 6.04 Å². The molecule has 5 rings (SSSR count). The van der Waals surface area contributed by atoms with Crippen LogP contribution in [0.3, 0.4) is 0 Å². The second kappa shape index (κ2) is 7.59. The number of nitrogens with zero attached hydrogens (tertiary/aromatic N) is 4. The highest BCUT2D eigenvalue weighted by molar-refractivity contribution is 6.14. The van der Waals surface area contributed by atoms with Crippen LogP contribution in [-0.4, -0.2) is 47.8 Å². The van der Waals surface area contributed by atoms with Gasteiger partial charge in [-0.05, 0) is 42.5 Å². The molecule has 0 aliphatic carbocycles. The Morgan fingerprint density at radius 3 is 2.93 bits per heavy atom. The number of hydrazone groups is 1. The Balaban J connectivity index is 1.35. The summed E-state index contributed by atoms with van der Waals surface area (Å²) in [6.45, 7) is 0.988. The van der Waals surface area contributed by atoms with Gasteiger partial charge >= 0.3 is 0 Å². The lowest BCUT2D eigenvalue weighted by atomic mass is 10.1. The largest absolute Gasteiger partial charge is 0.497 e. The fourth-order valence-corrected chi connectivity index (χ4v) is 3.57. The smallest absolute Gasteiger partial charge is 0.144 e. The molecule has 0 radical (unpaired) electrons. The van der Waals surface area contributed by atoms with Crippen LogP contribution in [0.5, 0.6) is 11.5 Å². The molecule has 0 spiro atoms. The molecule has 3 aromatic rings. The molecule has 150 valence electrons.